The fraction of sp³-hybridized carbons (Fsp3) is 0.778. The number of carbonyl (C=O) groups is 1. The van der Waals surface area contributed by atoms with Crippen LogP contribution in [0.1, 0.15) is 37.5 Å². The summed E-state index contributed by atoms with van der Waals surface area (Å²) >= 11 is 0. The Morgan fingerprint density at radius 2 is 2.08 bits per heavy atom. The summed E-state index contributed by atoms with van der Waals surface area (Å²) in [6.45, 7) is 5.32. The number of imidazole rings is 1. The molecule has 1 N–H and O–H groups in total. The fourth-order valence-corrected chi connectivity index (χ4v) is 4.02. The van der Waals surface area contributed by atoms with Gasteiger partial charge in [0.2, 0.25) is 5.91 Å². The number of amides is 1. The van der Waals surface area contributed by atoms with E-state index in [1.807, 2.05) is 20.2 Å². The first kappa shape index (κ1) is 18.4. The van der Waals surface area contributed by atoms with Gasteiger partial charge in [0.25, 0.3) is 0 Å². The van der Waals surface area contributed by atoms with Crippen molar-refractivity contribution in [2.24, 2.45) is 0 Å². The van der Waals surface area contributed by atoms with Crippen LogP contribution in [0.15, 0.2) is 12.4 Å². The number of aliphatic hydroxyl groups is 1. The maximum absolute atomic E-state index is 12.7. The van der Waals surface area contributed by atoms with Gasteiger partial charge in [-0.2, -0.15) is 0 Å². The quantitative estimate of drug-likeness (QED) is 0.815. The van der Waals surface area contributed by atoms with Crippen LogP contribution in [0.4, 0.5) is 0 Å². The number of aliphatic hydroxyl groups excluding tert-OH is 1. The van der Waals surface area contributed by atoms with E-state index in [4.69, 9.17) is 4.74 Å². The number of aryl methyl sites for hydroxylation is 1. The lowest BCUT2D eigenvalue weighted by atomic mass is 10.00. The van der Waals surface area contributed by atoms with E-state index < -0.39 is 6.10 Å². The fourth-order valence-electron chi connectivity index (χ4n) is 4.02. The number of rotatable bonds is 4. The van der Waals surface area contributed by atoms with Gasteiger partial charge < -0.3 is 19.3 Å². The van der Waals surface area contributed by atoms with Crippen LogP contribution in [0.25, 0.3) is 0 Å². The Morgan fingerprint density at radius 3 is 2.76 bits per heavy atom. The van der Waals surface area contributed by atoms with E-state index in [0.717, 1.165) is 44.6 Å². The molecule has 3 atom stereocenters. The molecule has 7 nitrogen and oxygen atoms in total. The second kappa shape index (κ2) is 8.29. The van der Waals surface area contributed by atoms with Crippen molar-refractivity contribution in [1.82, 2.24) is 19.4 Å². The van der Waals surface area contributed by atoms with E-state index in [1.165, 1.54) is 0 Å². The van der Waals surface area contributed by atoms with Crippen molar-refractivity contribution >= 4 is 5.91 Å². The molecule has 0 unspecified atom stereocenters. The van der Waals surface area contributed by atoms with E-state index in [2.05, 4.69) is 14.5 Å². The summed E-state index contributed by atoms with van der Waals surface area (Å²) in [4.78, 5) is 20.9. The zero-order valence-electron chi connectivity index (χ0n) is 15.3. The van der Waals surface area contributed by atoms with Crippen LogP contribution in [0.2, 0.25) is 0 Å². The largest absolute Gasteiger partial charge is 0.389 e. The molecule has 7 heteroatoms. The van der Waals surface area contributed by atoms with Crippen molar-refractivity contribution in [2.45, 2.75) is 50.8 Å². The normalized spacial score (nSPS) is 28.5. The number of nitrogens with zero attached hydrogens (tertiary/aromatic N) is 4. The van der Waals surface area contributed by atoms with E-state index in [9.17, 15) is 9.90 Å². The van der Waals surface area contributed by atoms with Gasteiger partial charge in [0, 0.05) is 32.5 Å². The van der Waals surface area contributed by atoms with Gasteiger partial charge in [0.05, 0.1) is 37.9 Å². The van der Waals surface area contributed by atoms with Gasteiger partial charge in [0.15, 0.2) is 0 Å². The number of morpholine rings is 1. The molecule has 1 saturated heterocycles. The Hall–Kier alpha value is -1.44. The predicted molar refractivity (Wildman–Crippen MR) is 94.3 cm³/mol. The van der Waals surface area contributed by atoms with Crippen molar-refractivity contribution in [3.63, 3.8) is 0 Å². The van der Waals surface area contributed by atoms with Crippen molar-refractivity contribution in [1.29, 1.82) is 0 Å². The Labute approximate surface area is 149 Å². The summed E-state index contributed by atoms with van der Waals surface area (Å²) < 4.78 is 7.40. The first-order chi connectivity index (χ1) is 12.1. The molecule has 1 aliphatic heterocycles. The van der Waals surface area contributed by atoms with Crippen LogP contribution in [0.3, 0.4) is 0 Å². The molecule has 0 radical (unpaired) electrons. The minimum Gasteiger partial charge on any atom is -0.389 e. The number of ether oxygens (including phenoxy) is 1. The summed E-state index contributed by atoms with van der Waals surface area (Å²) in [6, 6.07) is -0.170. The highest BCUT2D eigenvalue weighted by atomic mass is 16.5. The first-order valence-electron chi connectivity index (χ1n) is 9.31. The molecule has 2 aliphatic rings. The summed E-state index contributed by atoms with van der Waals surface area (Å²) in [5.74, 6) is 0.987. The highest BCUT2D eigenvalue weighted by Crippen LogP contribution is 2.31. The van der Waals surface area contributed by atoms with Crippen LogP contribution < -0.4 is 0 Å². The Bertz CT molecular complexity index is 570. The number of hydrogen-bond donors (Lipinski definition) is 1. The average molecular weight is 350 g/mol. The molecular weight excluding hydrogens is 320 g/mol. The third-order valence-corrected chi connectivity index (χ3v) is 5.61. The molecule has 0 bridgehead atoms. The van der Waals surface area contributed by atoms with Crippen LogP contribution in [-0.2, 0) is 9.53 Å². The molecule has 25 heavy (non-hydrogen) atoms. The van der Waals surface area contributed by atoms with E-state index in [1.54, 1.807) is 11.1 Å². The van der Waals surface area contributed by atoms with Crippen LogP contribution in [-0.4, -0.2) is 82.4 Å². The van der Waals surface area contributed by atoms with Gasteiger partial charge in [-0.15, -0.1) is 0 Å². The lowest BCUT2D eigenvalue weighted by Gasteiger charge is -2.36. The molecule has 1 saturated carbocycles. The van der Waals surface area contributed by atoms with E-state index >= 15 is 0 Å². The number of carbonyl (C=O) groups excluding carboxylic acids is 1. The van der Waals surface area contributed by atoms with Crippen LogP contribution in [0, 0.1) is 6.92 Å². The summed E-state index contributed by atoms with van der Waals surface area (Å²) in [5.41, 5.74) is 0. The highest BCUT2D eigenvalue weighted by molar-refractivity contribution is 5.78. The van der Waals surface area contributed by atoms with Gasteiger partial charge in [0.1, 0.15) is 5.82 Å². The lowest BCUT2D eigenvalue weighted by molar-refractivity contribution is -0.137. The van der Waals surface area contributed by atoms with Crippen LogP contribution in [0.5, 0.6) is 0 Å². The summed E-state index contributed by atoms with van der Waals surface area (Å²) in [6.07, 6.45) is 6.98. The van der Waals surface area contributed by atoms with Gasteiger partial charge in [-0.25, -0.2) is 4.98 Å². The van der Waals surface area contributed by atoms with Crippen molar-refractivity contribution < 1.29 is 14.6 Å². The minimum absolute atomic E-state index is 0.0198. The van der Waals surface area contributed by atoms with Gasteiger partial charge >= 0.3 is 0 Å². The molecule has 1 amide bonds. The van der Waals surface area contributed by atoms with Gasteiger partial charge in [-0.3, -0.25) is 9.69 Å². The summed E-state index contributed by atoms with van der Waals surface area (Å²) in [7, 11) is 1.83. The lowest BCUT2D eigenvalue weighted by Crippen LogP contribution is -2.51. The van der Waals surface area contributed by atoms with Crippen molar-refractivity contribution in [2.75, 3.05) is 39.9 Å². The van der Waals surface area contributed by atoms with Crippen molar-refractivity contribution in [3.05, 3.63) is 18.2 Å². The molecular formula is C18H30N4O3. The molecule has 1 aromatic heterocycles. The second-order valence-electron chi connectivity index (χ2n) is 7.18. The third kappa shape index (κ3) is 4.22. The average Bonchev–Trinajstić information content (AvgIpc) is 2.94. The Kier molecular flexibility index (Phi) is 6.09. The van der Waals surface area contributed by atoms with Crippen LogP contribution >= 0.6 is 0 Å². The third-order valence-electron chi connectivity index (χ3n) is 5.61. The molecule has 2 fully saturated rings. The smallest absolute Gasteiger partial charge is 0.236 e. The predicted octanol–water partition coefficient (Wildman–Crippen LogP) is 0.827. The molecule has 0 aromatic carbocycles. The highest BCUT2D eigenvalue weighted by Gasteiger charge is 2.36. The maximum Gasteiger partial charge on any atom is 0.236 e. The SMILES string of the molecule is Cc1nccn1[C@@H]1CCCC[C@@H](N(C)C(=O)CN2CCOCC2)[C@H]1O. The zero-order valence-corrected chi connectivity index (χ0v) is 15.3. The first-order valence-corrected chi connectivity index (χ1v) is 9.31. The monoisotopic (exact) mass is 350 g/mol. The molecule has 140 valence electrons. The molecule has 3 rings (SSSR count). The number of likely N-dealkylation sites (N-methyl/N-ethyl adjacent to an activating group) is 1. The van der Waals surface area contributed by atoms with Gasteiger partial charge in [-0.1, -0.05) is 12.8 Å². The Morgan fingerprint density at radius 1 is 1.36 bits per heavy atom. The molecule has 1 aromatic rings. The van der Waals surface area contributed by atoms with E-state index in [-0.39, 0.29) is 18.0 Å². The second-order valence-corrected chi connectivity index (χ2v) is 7.18. The topological polar surface area (TPSA) is 70.8 Å². The molecule has 2 heterocycles. The maximum atomic E-state index is 12.7. The Balaban J connectivity index is 1.68. The van der Waals surface area contributed by atoms with E-state index in [0.29, 0.717) is 19.8 Å². The number of hydrogen-bond acceptors (Lipinski definition) is 5. The standard InChI is InChI=1S/C18H30N4O3/c1-14-19-7-8-22(14)16-6-4-3-5-15(18(16)24)20(2)17(23)13-21-9-11-25-12-10-21/h7-8,15-16,18,24H,3-6,9-13H2,1-2H3/t15-,16-,18-/m1/s1. The zero-order chi connectivity index (χ0) is 17.8. The van der Waals surface area contributed by atoms with Gasteiger partial charge in [-0.05, 0) is 19.8 Å². The summed E-state index contributed by atoms with van der Waals surface area (Å²) in [5, 5.41) is 11.1. The number of aromatic nitrogens is 2. The molecule has 1 aliphatic carbocycles. The molecule has 0 spiro atoms. The van der Waals surface area contributed by atoms with Crippen molar-refractivity contribution in [3.8, 4) is 0 Å². The minimum atomic E-state index is -0.575.